The summed E-state index contributed by atoms with van der Waals surface area (Å²) in [5, 5.41) is 3.51. The molecule has 6 nitrogen and oxygen atoms in total. The second kappa shape index (κ2) is 8.07. The molecule has 36 heavy (non-hydrogen) atoms. The maximum Gasteiger partial charge on any atom is 0.238 e. The van der Waals surface area contributed by atoms with Gasteiger partial charge in [0.25, 0.3) is 0 Å². The Labute approximate surface area is 213 Å². The van der Waals surface area contributed by atoms with Gasteiger partial charge in [0, 0.05) is 27.5 Å². The SMILES string of the molecule is COc1ccc2c(c1)C=C[C@@H]1N2[C@H](C(C)=O)[C@H](C(=O)c2ccc(Cl)cc2)[C@]12C(=O)Nc1ccccc12. The third-order valence-corrected chi connectivity index (χ3v) is 7.92. The van der Waals surface area contributed by atoms with Crippen molar-refractivity contribution in [1.82, 2.24) is 0 Å². The van der Waals surface area contributed by atoms with Crippen LogP contribution in [0.4, 0.5) is 11.4 Å². The maximum atomic E-state index is 14.3. The second-order valence-corrected chi connectivity index (χ2v) is 9.85. The molecule has 3 heterocycles. The van der Waals surface area contributed by atoms with E-state index in [1.54, 1.807) is 31.4 Å². The molecule has 1 fully saturated rings. The Balaban J connectivity index is 1.64. The van der Waals surface area contributed by atoms with Gasteiger partial charge in [0.1, 0.15) is 11.2 Å². The van der Waals surface area contributed by atoms with Crippen molar-refractivity contribution in [3.63, 3.8) is 0 Å². The maximum absolute atomic E-state index is 14.3. The number of anilines is 2. The molecule has 1 amide bonds. The van der Waals surface area contributed by atoms with E-state index in [0.29, 0.717) is 22.0 Å². The second-order valence-electron chi connectivity index (χ2n) is 9.41. The lowest BCUT2D eigenvalue weighted by Gasteiger charge is -2.37. The van der Waals surface area contributed by atoms with Gasteiger partial charge in [0.2, 0.25) is 5.91 Å². The van der Waals surface area contributed by atoms with Gasteiger partial charge in [0.05, 0.1) is 25.1 Å². The highest BCUT2D eigenvalue weighted by Crippen LogP contribution is 2.57. The summed E-state index contributed by atoms with van der Waals surface area (Å²) in [6.45, 7) is 1.49. The number of amides is 1. The Morgan fingerprint density at radius 3 is 2.53 bits per heavy atom. The number of fused-ring (bicyclic) bond motifs is 6. The quantitative estimate of drug-likeness (QED) is 0.517. The number of methoxy groups -OCH3 is 1. The molecule has 3 aromatic rings. The summed E-state index contributed by atoms with van der Waals surface area (Å²) in [4.78, 5) is 43.7. The number of nitrogens with one attached hydrogen (secondary N) is 1. The van der Waals surface area contributed by atoms with Crippen molar-refractivity contribution in [2.45, 2.75) is 24.4 Å². The average molecular weight is 499 g/mol. The Morgan fingerprint density at radius 2 is 1.81 bits per heavy atom. The van der Waals surface area contributed by atoms with E-state index in [1.165, 1.54) is 6.92 Å². The van der Waals surface area contributed by atoms with E-state index >= 15 is 0 Å². The molecule has 0 saturated carbocycles. The molecule has 1 N–H and O–H groups in total. The monoisotopic (exact) mass is 498 g/mol. The van der Waals surface area contributed by atoms with E-state index in [-0.39, 0.29) is 17.5 Å². The Hall–Kier alpha value is -3.90. The van der Waals surface area contributed by atoms with Crippen molar-refractivity contribution in [2.75, 3.05) is 17.3 Å². The molecule has 1 spiro atoms. The number of ketones is 2. The first-order valence-electron chi connectivity index (χ1n) is 11.7. The lowest BCUT2D eigenvalue weighted by atomic mass is 9.64. The first-order valence-corrected chi connectivity index (χ1v) is 12.1. The van der Waals surface area contributed by atoms with E-state index in [9.17, 15) is 14.4 Å². The highest BCUT2D eigenvalue weighted by Gasteiger charge is 2.69. The molecular formula is C29H23ClN2O4. The van der Waals surface area contributed by atoms with Crippen LogP contribution < -0.4 is 15.0 Å². The van der Waals surface area contributed by atoms with Gasteiger partial charge in [-0.2, -0.15) is 0 Å². The van der Waals surface area contributed by atoms with Crippen LogP contribution in [0.1, 0.15) is 28.4 Å². The molecule has 0 aliphatic carbocycles. The number of para-hydroxylation sites is 1. The van der Waals surface area contributed by atoms with Crippen molar-refractivity contribution >= 4 is 46.5 Å². The van der Waals surface area contributed by atoms with E-state index in [0.717, 1.165) is 16.8 Å². The van der Waals surface area contributed by atoms with Crippen molar-refractivity contribution in [2.24, 2.45) is 5.92 Å². The third-order valence-electron chi connectivity index (χ3n) is 7.67. The number of nitrogens with zero attached hydrogens (tertiary/aromatic N) is 1. The Bertz CT molecular complexity index is 1460. The van der Waals surface area contributed by atoms with E-state index < -0.39 is 23.4 Å². The van der Waals surface area contributed by atoms with Crippen LogP contribution in [-0.2, 0) is 15.0 Å². The summed E-state index contributed by atoms with van der Waals surface area (Å²) in [5.74, 6) is -1.00. The van der Waals surface area contributed by atoms with Crippen LogP contribution in [0.2, 0.25) is 5.02 Å². The number of hydrogen-bond acceptors (Lipinski definition) is 5. The zero-order valence-corrected chi connectivity index (χ0v) is 20.5. The minimum absolute atomic E-state index is 0.182. The number of halogens is 1. The summed E-state index contributed by atoms with van der Waals surface area (Å²) in [6.07, 6.45) is 3.88. The smallest absolute Gasteiger partial charge is 0.238 e. The number of carbonyl (C=O) groups is 3. The number of rotatable bonds is 4. The molecule has 0 radical (unpaired) electrons. The number of hydrogen-bond donors (Lipinski definition) is 1. The fourth-order valence-corrected chi connectivity index (χ4v) is 6.36. The van der Waals surface area contributed by atoms with Gasteiger partial charge in [-0.3, -0.25) is 14.4 Å². The van der Waals surface area contributed by atoms with Gasteiger partial charge in [-0.05, 0) is 61.0 Å². The standard InChI is InChI=1S/C29H23ClN2O4/c1-16(33)26-25(27(34)17-7-10-19(30)11-8-17)29(21-5-3-4-6-22(21)31-28(29)35)24-14-9-18-15-20(36-2)12-13-23(18)32(24)26/h3-15,24-26H,1-2H3,(H,31,35)/t24-,25+,26+,29+/m0/s1. The molecule has 1 saturated heterocycles. The largest absolute Gasteiger partial charge is 0.497 e. The minimum atomic E-state index is -1.29. The molecule has 3 aliphatic rings. The van der Waals surface area contributed by atoms with Crippen molar-refractivity contribution < 1.29 is 19.1 Å². The Morgan fingerprint density at radius 1 is 1.06 bits per heavy atom. The van der Waals surface area contributed by atoms with Gasteiger partial charge in [0.15, 0.2) is 11.6 Å². The molecule has 0 aromatic heterocycles. The van der Waals surface area contributed by atoms with Crippen LogP contribution in [0, 0.1) is 5.92 Å². The number of Topliss-reactive ketones (excluding diaryl/α,β-unsaturated/α-hetero) is 2. The number of carbonyl (C=O) groups excluding carboxylic acids is 3. The predicted octanol–water partition coefficient (Wildman–Crippen LogP) is 4.91. The van der Waals surface area contributed by atoms with Gasteiger partial charge in [-0.25, -0.2) is 0 Å². The fraction of sp³-hybridized carbons (Fsp3) is 0.207. The summed E-state index contributed by atoms with van der Waals surface area (Å²) in [5.41, 5.74) is 2.14. The van der Waals surface area contributed by atoms with Crippen LogP contribution in [0.5, 0.6) is 5.75 Å². The third kappa shape index (κ3) is 2.94. The van der Waals surface area contributed by atoms with Crippen molar-refractivity contribution in [3.05, 3.63) is 94.5 Å². The highest BCUT2D eigenvalue weighted by molar-refractivity contribution is 6.30. The highest BCUT2D eigenvalue weighted by atomic mass is 35.5. The molecule has 180 valence electrons. The molecule has 4 atom stereocenters. The number of ether oxygens (including phenoxy) is 1. The van der Waals surface area contributed by atoms with Gasteiger partial charge in [-0.15, -0.1) is 0 Å². The average Bonchev–Trinajstić information content (AvgIpc) is 3.36. The molecule has 0 unspecified atom stereocenters. The predicted molar refractivity (Wildman–Crippen MR) is 139 cm³/mol. The fourth-order valence-electron chi connectivity index (χ4n) is 6.23. The van der Waals surface area contributed by atoms with Crippen LogP contribution in [0.15, 0.2) is 72.8 Å². The van der Waals surface area contributed by atoms with Crippen LogP contribution in [0.3, 0.4) is 0 Å². The van der Waals surface area contributed by atoms with E-state index in [2.05, 4.69) is 5.32 Å². The summed E-state index contributed by atoms with van der Waals surface area (Å²) >= 11 is 6.09. The zero-order chi connectivity index (χ0) is 25.2. The molecule has 3 aliphatic heterocycles. The normalized spacial score (nSPS) is 25.2. The van der Waals surface area contributed by atoms with Gasteiger partial charge in [-0.1, -0.05) is 42.0 Å². The first kappa shape index (κ1) is 22.6. The van der Waals surface area contributed by atoms with Gasteiger partial charge < -0.3 is 15.0 Å². The molecule has 0 bridgehead atoms. The molecule has 6 rings (SSSR count). The van der Waals surface area contributed by atoms with Crippen LogP contribution in [0.25, 0.3) is 6.08 Å². The van der Waals surface area contributed by atoms with E-state index in [1.807, 2.05) is 59.5 Å². The van der Waals surface area contributed by atoms with E-state index in [4.69, 9.17) is 16.3 Å². The Kier molecular flexibility index (Phi) is 5.05. The lowest BCUT2D eigenvalue weighted by Crippen LogP contribution is -2.51. The van der Waals surface area contributed by atoms with Crippen molar-refractivity contribution in [1.29, 1.82) is 0 Å². The summed E-state index contributed by atoms with van der Waals surface area (Å²) < 4.78 is 5.40. The topological polar surface area (TPSA) is 75.7 Å². The summed E-state index contributed by atoms with van der Waals surface area (Å²) in [6, 6.07) is 18.2. The van der Waals surface area contributed by atoms with Crippen molar-refractivity contribution in [3.8, 4) is 5.75 Å². The molecular weight excluding hydrogens is 476 g/mol. The van der Waals surface area contributed by atoms with Crippen LogP contribution in [-0.4, -0.2) is 36.7 Å². The zero-order valence-electron chi connectivity index (χ0n) is 19.7. The van der Waals surface area contributed by atoms with Crippen LogP contribution >= 0.6 is 11.6 Å². The lowest BCUT2D eigenvalue weighted by molar-refractivity contribution is -0.122. The number of benzene rings is 3. The molecule has 3 aromatic carbocycles. The summed E-state index contributed by atoms with van der Waals surface area (Å²) in [7, 11) is 1.60. The molecule has 7 heteroatoms. The van der Waals surface area contributed by atoms with Gasteiger partial charge >= 0.3 is 0 Å². The minimum Gasteiger partial charge on any atom is -0.497 e. The first-order chi connectivity index (χ1) is 17.4.